The van der Waals surface area contributed by atoms with Crippen molar-refractivity contribution in [3.8, 4) is 0 Å². The molecule has 2 nitrogen and oxygen atoms in total. The fraction of sp³-hybridized carbons (Fsp3) is 0.133. The van der Waals surface area contributed by atoms with Gasteiger partial charge in [-0.1, -0.05) is 29.8 Å². The number of benzene rings is 2. The normalized spacial score (nSPS) is 10.4. The van der Waals surface area contributed by atoms with E-state index in [-0.39, 0.29) is 5.56 Å². The van der Waals surface area contributed by atoms with Crippen LogP contribution in [0.5, 0.6) is 0 Å². The number of rotatable bonds is 4. The molecule has 2 rings (SSSR count). The molecule has 0 aromatic heterocycles. The van der Waals surface area contributed by atoms with Crippen molar-refractivity contribution >= 4 is 17.7 Å². The molecule has 0 unspecified atom stereocenters. The third-order valence-electron chi connectivity index (χ3n) is 2.66. The van der Waals surface area contributed by atoms with E-state index in [1.807, 2.05) is 25.1 Å². The minimum absolute atomic E-state index is 0.283. The summed E-state index contributed by atoms with van der Waals surface area (Å²) in [4.78, 5) is 11.6. The molecule has 0 saturated carbocycles. The highest BCUT2D eigenvalue weighted by Crippen LogP contribution is 2.25. The van der Waals surface area contributed by atoms with Crippen molar-refractivity contribution in [2.75, 3.05) is 0 Å². The Labute approximate surface area is 115 Å². The van der Waals surface area contributed by atoms with Crippen LogP contribution in [0, 0.1) is 12.7 Å². The van der Waals surface area contributed by atoms with Crippen molar-refractivity contribution in [1.82, 2.24) is 0 Å². The molecule has 0 saturated heterocycles. The number of carboxylic acids is 1. The number of aromatic carboxylic acids is 1. The molecular formula is C15H13FO2S. The van der Waals surface area contributed by atoms with Crippen LogP contribution in [-0.4, -0.2) is 11.1 Å². The Morgan fingerprint density at radius 2 is 2.05 bits per heavy atom. The molecule has 0 bridgehead atoms. The van der Waals surface area contributed by atoms with Crippen LogP contribution in [0.15, 0.2) is 47.4 Å². The SMILES string of the molecule is Cc1cccc(CSc2ccc(F)c(C(=O)O)c2)c1. The van der Waals surface area contributed by atoms with Gasteiger partial charge in [0.05, 0.1) is 5.56 Å². The van der Waals surface area contributed by atoms with E-state index in [9.17, 15) is 9.18 Å². The number of carbonyl (C=O) groups is 1. The molecule has 98 valence electrons. The molecule has 0 radical (unpaired) electrons. The maximum atomic E-state index is 13.2. The van der Waals surface area contributed by atoms with Crippen LogP contribution in [0.1, 0.15) is 21.5 Å². The maximum absolute atomic E-state index is 13.2. The van der Waals surface area contributed by atoms with Crippen LogP contribution in [-0.2, 0) is 5.75 Å². The molecular weight excluding hydrogens is 263 g/mol. The van der Waals surface area contributed by atoms with Crippen LogP contribution in [0.4, 0.5) is 4.39 Å². The summed E-state index contributed by atoms with van der Waals surface area (Å²) >= 11 is 1.49. The summed E-state index contributed by atoms with van der Waals surface area (Å²) in [7, 11) is 0. The highest BCUT2D eigenvalue weighted by molar-refractivity contribution is 7.98. The minimum atomic E-state index is -1.24. The quantitative estimate of drug-likeness (QED) is 0.853. The molecule has 4 heteroatoms. The van der Waals surface area contributed by atoms with E-state index in [1.54, 1.807) is 6.07 Å². The van der Waals surface area contributed by atoms with Gasteiger partial charge in [0.25, 0.3) is 0 Å². The van der Waals surface area contributed by atoms with E-state index in [2.05, 4.69) is 6.07 Å². The molecule has 0 fully saturated rings. The fourth-order valence-corrected chi connectivity index (χ4v) is 2.60. The highest BCUT2D eigenvalue weighted by atomic mass is 32.2. The summed E-state index contributed by atoms with van der Waals surface area (Å²) in [5.74, 6) is -1.21. The third kappa shape index (κ3) is 3.58. The second kappa shape index (κ2) is 5.89. The van der Waals surface area contributed by atoms with Gasteiger partial charge in [-0.05, 0) is 30.7 Å². The molecule has 19 heavy (non-hydrogen) atoms. The molecule has 0 aliphatic rings. The Bertz CT molecular complexity index is 611. The number of hydrogen-bond acceptors (Lipinski definition) is 2. The topological polar surface area (TPSA) is 37.3 Å². The summed E-state index contributed by atoms with van der Waals surface area (Å²) in [6.07, 6.45) is 0. The lowest BCUT2D eigenvalue weighted by Gasteiger charge is -2.05. The van der Waals surface area contributed by atoms with E-state index in [0.717, 1.165) is 16.2 Å². The van der Waals surface area contributed by atoms with Crippen LogP contribution >= 0.6 is 11.8 Å². The molecule has 0 heterocycles. The number of carboxylic acid groups (broad SMARTS) is 1. The second-order valence-corrected chi connectivity index (χ2v) is 5.27. The lowest BCUT2D eigenvalue weighted by Crippen LogP contribution is -2.00. The van der Waals surface area contributed by atoms with Crippen molar-refractivity contribution in [1.29, 1.82) is 0 Å². The van der Waals surface area contributed by atoms with Crippen LogP contribution in [0.3, 0.4) is 0 Å². The molecule has 1 N–H and O–H groups in total. The zero-order chi connectivity index (χ0) is 13.8. The van der Waals surface area contributed by atoms with Crippen molar-refractivity contribution in [3.05, 3.63) is 65.0 Å². The first-order valence-corrected chi connectivity index (χ1v) is 6.76. The smallest absolute Gasteiger partial charge is 0.338 e. The third-order valence-corrected chi connectivity index (χ3v) is 3.72. The van der Waals surface area contributed by atoms with Gasteiger partial charge in [-0.15, -0.1) is 11.8 Å². The van der Waals surface area contributed by atoms with Gasteiger partial charge in [-0.3, -0.25) is 0 Å². The van der Waals surface area contributed by atoms with Crippen molar-refractivity contribution in [3.63, 3.8) is 0 Å². The van der Waals surface area contributed by atoms with E-state index in [0.29, 0.717) is 0 Å². The standard InChI is InChI=1S/C15H13FO2S/c1-10-3-2-4-11(7-10)9-19-12-5-6-14(16)13(8-12)15(17)18/h2-8H,9H2,1H3,(H,17,18). The summed E-state index contributed by atoms with van der Waals surface area (Å²) in [6.45, 7) is 2.02. The predicted molar refractivity (Wildman–Crippen MR) is 74.1 cm³/mol. The first-order chi connectivity index (χ1) is 9.06. The monoisotopic (exact) mass is 276 g/mol. The Balaban J connectivity index is 2.12. The molecule has 0 aliphatic carbocycles. The van der Waals surface area contributed by atoms with E-state index < -0.39 is 11.8 Å². The maximum Gasteiger partial charge on any atom is 0.338 e. The first kappa shape index (κ1) is 13.6. The lowest BCUT2D eigenvalue weighted by molar-refractivity contribution is 0.0691. The molecule has 0 aliphatic heterocycles. The summed E-state index contributed by atoms with van der Waals surface area (Å²) in [6, 6.07) is 12.3. The van der Waals surface area contributed by atoms with Gasteiger partial charge in [-0.25, -0.2) is 9.18 Å². The molecule has 0 amide bonds. The van der Waals surface area contributed by atoms with Gasteiger partial charge in [0, 0.05) is 10.6 Å². The number of hydrogen-bond donors (Lipinski definition) is 1. The van der Waals surface area contributed by atoms with Crippen LogP contribution < -0.4 is 0 Å². The highest BCUT2D eigenvalue weighted by Gasteiger charge is 2.10. The van der Waals surface area contributed by atoms with Crippen molar-refractivity contribution < 1.29 is 14.3 Å². The van der Waals surface area contributed by atoms with Gasteiger partial charge >= 0.3 is 5.97 Å². The van der Waals surface area contributed by atoms with E-state index in [4.69, 9.17) is 5.11 Å². The van der Waals surface area contributed by atoms with Crippen LogP contribution in [0.25, 0.3) is 0 Å². The average Bonchev–Trinajstić information content (AvgIpc) is 2.37. The summed E-state index contributed by atoms with van der Waals surface area (Å²) < 4.78 is 13.2. The van der Waals surface area contributed by atoms with E-state index in [1.165, 1.54) is 29.5 Å². The van der Waals surface area contributed by atoms with Gasteiger partial charge in [0.1, 0.15) is 5.82 Å². The Kier molecular flexibility index (Phi) is 4.22. The Morgan fingerprint density at radius 1 is 1.26 bits per heavy atom. The zero-order valence-electron chi connectivity index (χ0n) is 10.4. The minimum Gasteiger partial charge on any atom is -0.478 e. The average molecular weight is 276 g/mol. The van der Waals surface area contributed by atoms with Crippen molar-refractivity contribution in [2.45, 2.75) is 17.6 Å². The Morgan fingerprint density at radius 3 is 2.74 bits per heavy atom. The molecule has 0 atom stereocenters. The second-order valence-electron chi connectivity index (χ2n) is 4.22. The summed E-state index contributed by atoms with van der Waals surface area (Å²) in [5.41, 5.74) is 2.06. The van der Waals surface area contributed by atoms with Crippen LogP contribution in [0.2, 0.25) is 0 Å². The summed E-state index contributed by atoms with van der Waals surface area (Å²) in [5, 5.41) is 8.86. The van der Waals surface area contributed by atoms with Gasteiger partial charge in [0.15, 0.2) is 0 Å². The predicted octanol–water partition coefficient (Wildman–Crippen LogP) is 4.12. The molecule has 0 spiro atoms. The van der Waals surface area contributed by atoms with Crippen molar-refractivity contribution in [2.24, 2.45) is 0 Å². The number of thioether (sulfide) groups is 1. The van der Waals surface area contributed by atoms with Gasteiger partial charge in [0.2, 0.25) is 0 Å². The lowest BCUT2D eigenvalue weighted by atomic mass is 10.2. The largest absolute Gasteiger partial charge is 0.478 e. The molecule has 2 aromatic rings. The zero-order valence-corrected chi connectivity index (χ0v) is 11.2. The fourth-order valence-electron chi connectivity index (χ4n) is 1.73. The first-order valence-electron chi connectivity index (χ1n) is 5.77. The number of halogens is 1. The van der Waals surface area contributed by atoms with Gasteiger partial charge < -0.3 is 5.11 Å². The van der Waals surface area contributed by atoms with E-state index >= 15 is 0 Å². The molecule has 2 aromatic carbocycles. The van der Waals surface area contributed by atoms with Gasteiger partial charge in [-0.2, -0.15) is 0 Å². The number of aryl methyl sites for hydroxylation is 1. The Hall–Kier alpha value is -1.81.